The van der Waals surface area contributed by atoms with Gasteiger partial charge in [-0.25, -0.2) is 0 Å². The van der Waals surface area contributed by atoms with Gasteiger partial charge in [0.05, 0.1) is 26.4 Å². The Morgan fingerprint density at radius 2 is 1.71 bits per heavy atom. The third kappa shape index (κ3) is 1.73. The number of esters is 2. The summed E-state index contributed by atoms with van der Waals surface area (Å²) in [4.78, 5) is 24.7. The largest absolute Gasteiger partial charge is 0.468 e. The molecule has 0 amide bonds. The van der Waals surface area contributed by atoms with Gasteiger partial charge in [0.15, 0.2) is 5.41 Å². The number of carbonyl (C=O) groups is 2. The smallest absolute Gasteiger partial charge is 0.326 e. The lowest BCUT2D eigenvalue weighted by atomic mass is 9.75. The van der Waals surface area contributed by atoms with Gasteiger partial charge in [0.1, 0.15) is 0 Å². The van der Waals surface area contributed by atoms with Gasteiger partial charge in [0, 0.05) is 12.3 Å². The molecule has 0 N–H and O–H groups in total. The van der Waals surface area contributed by atoms with Crippen LogP contribution in [-0.2, 0) is 23.8 Å². The van der Waals surface area contributed by atoms with E-state index >= 15 is 0 Å². The van der Waals surface area contributed by atoms with Crippen LogP contribution in [0.25, 0.3) is 0 Å². The van der Waals surface area contributed by atoms with Gasteiger partial charge in [0.25, 0.3) is 0 Å². The molecule has 0 spiro atoms. The van der Waals surface area contributed by atoms with E-state index in [4.69, 9.17) is 14.2 Å². The molecule has 2 heterocycles. The summed E-state index contributed by atoms with van der Waals surface area (Å²) >= 11 is 0. The minimum Gasteiger partial charge on any atom is -0.468 e. The van der Waals surface area contributed by atoms with Gasteiger partial charge in [-0.15, -0.1) is 0 Å². The van der Waals surface area contributed by atoms with E-state index in [-0.39, 0.29) is 18.4 Å². The molecule has 3 atom stereocenters. The lowest BCUT2D eigenvalue weighted by Gasteiger charge is -2.34. The fraction of sp³-hybridized carbons (Fsp3) is 0.500. The lowest BCUT2D eigenvalue weighted by Crippen LogP contribution is -2.49. The Morgan fingerprint density at radius 3 is 2.29 bits per heavy atom. The van der Waals surface area contributed by atoms with Crippen molar-refractivity contribution in [2.45, 2.75) is 31.5 Å². The van der Waals surface area contributed by atoms with Crippen molar-refractivity contribution in [1.29, 1.82) is 0 Å². The Morgan fingerprint density at radius 1 is 1.14 bits per heavy atom. The molecule has 1 fully saturated rings. The third-order valence-electron chi connectivity index (χ3n) is 4.69. The highest BCUT2D eigenvalue weighted by Crippen LogP contribution is 2.56. The molecular formula is C16H18O5. The van der Waals surface area contributed by atoms with Gasteiger partial charge in [-0.3, -0.25) is 9.59 Å². The molecule has 1 aromatic rings. The van der Waals surface area contributed by atoms with E-state index in [9.17, 15) is 9.59 Å². The quantitative estimate of drug-likeness (QED) is 0.615. The molecule has 5 heteroatoms. The molecule has 5 nitrogen and oxygen atoms in total. The fourth-order valence-electron chi connectivity index (χ4n) is 3.71. The van der Waals surface area contributed by atoms with Gasteiger partial charge >= 0.3 is 11.9 Å². The zero-order valence-electron chi connectivity index (χ0n) is 12.3. The second-order valence-corrected chi connectivity index (χ2v) is 5.62. The highest BCUT2D eigenvalue weighted by atomic mass is 16.6. The first-order valence-electron chi connectivity index (χ1n) is 6.97. The van der Waals surface area contributed by atoms with Crippen LogP contribution < -0.4 is 0 Å². The van der Waals surface area contributed by atoms with Crippen molar-refractivity contribution in [2.24, 2.45) is 5.41 Å². The molecule has 3 rings (SSSR count). The van der Waals surface area contributed by atoms with Crippen molar-refractivity contribution < 1.29 is 23.8 Å². The lowest BCUT2D eigenvalue weighted by molar-refractivity contribution is -0.174. The number of rotatable bonds is 2. The standard InChI is InChI=1S/C16H18O5/c1-9-10-6-4-5-7-11(10)12-8-16(13(9)21-12,14(17)19-2)15(18)20-3/h4-7,9,12-13H,8H2,1-3H3. The molecule has 0 aromatic heterocycles. The Balaban J connectivity index is 2.13. The summed E-state index contributed by atoms with van der Waals surface area (Å²) in [6.45, 7) is 1.96. The average Bonchev–Trinajstić information content (AvgIpc) is 2.89. The first-order chi connectivity index (χ1) is 10.1. The van der Waals surface area contributed by atoms with Crippen LogP contribution in [-0.4, -0.2) is 32.3 Å². The maximum atomic E-state index is 12.4. The molecule has 1 saturated heterocycles. The Hall–Kier alpha value is -1.88. The topological polar surface area (TPSA) is 61.8 Å². The predicted octanol–water partition coefficient (Wildman–Crippen LogP) is 1.97. The Kier molecular flexibility index (Phi) is 3.24. The number of hydrogen-bond donors (Lipinski definition) is 0. The maximum Gasteiger partial charge on any atom is 0.326 e. The van der Waals surface area contributed by atoms with Crippen LogP contribution >= 0.6 is 0 Å². The minimum absolute atomic E-state index is 0.0850. The molecule has 0 radical (unpaired) electrons. The van der Waals surface area contributed by atoms with E-state index in [1.165, 1.54) is 14.2 Å². The van der Waals surface area contributed by atoms with Crippen molar-refractivity contribution in [3.8, 4) is 0 Å². The van der Waals surface area contributed by atoms with Crippen molar-refractivity contribution in [3.63, 3.8) is 0 Å². The number of ether oxygens (including phenoxy) is 3. The highest BCUT2D eigenvalue weighted by molar-refractivity contribution is 6.01. The van der Waals surface area contributed by atoms with Crippen LogP contribution in [0.3, 0.4) is 0 Å². The first-order valence-corrected chi connectivity index (χ1v) is 6.97. The van der Waals surface area contributed by atoms with Gasteiger partial charge in [-0.1, -0.05) is 31.2 Å². The van der Waals surface area contributed by atoms with Crippen molar-refractivity contribution in [3.05, 3.63) is 35.4 Å². The predicted molar refractivity (Wildman–Crippen MR) is 73.6 cm³/mol. The number of carbonyl (C=O) groups excluding carboxylic acids is 2. The normalized spacial score (nSPS) is 28.6. The van der Waals surface area contributed by atoms with E-state index in [0.29, 0.717) is 0 Å². The summed E-state index contributed by atoms with van der Waals surface area (Å²) in [6.07, 6.45) is -0.573. The van der Waals surface area contributed by atoms with Crippen LogP contribution in [0.4, 0.5) is 0 Å². The van der Waals surface area contributed by atoms with Gasteiger partial charge in [-0.2, -0.15) is 0 Å². The Bertz CT molecular complexity index is 563. The molecule has 3 unspecified atom stereocenters. The monoisotopic (exact) mass is 290 g/mol. The summed E-state index contributed by atoms with van der Waals surface area (Å²) in [5.41, 5.74) is 0.774. The van der Waals surface area contributed by atoms with Crippen LogP contribution in [0.2, 0.25) is 0 Å². The van der Waals surface area contributed by atoms with E-state index in [1.807, 2.05) is 31.2 Å². The van der Waals surface area contributed by atoms with E-state index in [1.54, 1.807) is 0 Å². The average molecular weight is 290 g/mol. The SMILES string of the molecule is COC(=O)C1(C(=O)OC)CC2OC1C(C)c1ccccc12. The van der Waals surface area contributed by atoms with Crippen LogP contribution in [0.1, 0.15) is 36.5 Å². The second-order valence-electron chi connectivity index (χ2n) is 5.62. The van der Waals surface area contributed by atoms with Crippen molar-refractivity contribution in [1.82, 2.24) is 0 Å². The zero-order chi connectivity index (χ0) is 15.2. The first kappa shape index (κ1) is 14.1. The molecule has 0 saturated carbocycles. The molecular weight excluding hydrogens is 272 g/mol. The minimum atomic E-state index is -1.38. The summed E-state index contributed by atoms with van der Waals surface area (Å²) in [5, 5.41) is 0. The zero-order valence-corrected chi connectivity index (χ0v) is 12.3. The second kappa shape index (κ2) is 4.84. The van der Waals surface area contributed by atoms with Gasteiger partial charge in [-0.05, 0) is 11.1 Å². The van der Waals surface area contributed by atoms with E-state index < -0.39 is 23.5 Å². The third-order valence-corrected chi connectivity index (χ3v) is 4.69. The highest BCUT2D eigenvalue weighted by Gasteiger charge is 2.65. The Labute approximate surface area is 123 Å². The number of benzene rings is 1. The summed E-state index contributed by atoms with van der Waals surface area (Å²) in [7, 11) is 2.57. The molecule has 112 valence electrons. The van der Waals surface area contributed by atoms with E-state index in [0.717, 1.165) is 11.1 Å². The molecule has 2 aliphatic rings. The summed E-state index contributed by atoms with van der Waals surface area (Å²) < 4.78 is 15.8. The van der Waals surface area contributed by atoms with Crippen molar-refractivity contribution in [2.75, 3.05) is 14.2 Å². The number of fused-ring (bicyclic) bond motifs is 4. The molecule has 21 heavy (non-hydrogen) atoms. The molecule has 2 bridgehead atoms. The summed E-state index contributed by atoms with van der Waals surface area (Å²) in [5.74, 6) is -1.25. The van der Waals surface area contributed by atoms with Crippen molar-refractivity contribution >= 4 is 11.9 Å². The number of methoxy groups -OCH3 is 2. The molecule has 0 aliphatic carbocycles. The molecule has 1 aromatic carbocycles. The van der Waals surface area contributed by atoms with Crippen LogP contribution in [0.15, 0.2) is 24.3 Å². The van der Waals surface area contributed by atoms with E-state index in [2.05, 4.69) is 0 Å². The number of hydrogen-bond acceptors (Lipinski definition) is 5. The molecule has 2 aliphatic heterocycles. The summed E-state index contributed by atoms with van der Waals surface area (Å²) in [6, 6.07) is 7.90. The maximum absolute atomic E-state index is 12.4. The van der Waals surface area contributed by atoms with Gasteiger partial charge < -0.3 is 14.2 Å². The van der Waals surface area contributed by atoms with Crippen LogP contribution in [0.5, 0.6) is 0 Å². The fourth-order valence-corrected chi connectivity index (χ4v) is 3.71. The van der Waals surface area contributed by atoms with Gasteiger partial charge in [0.2, 0.25) is 0 Å². The van der Waals surface area contributed by atoms with Crippen LogP contribution in [0, 0.1) is 5.41 Å².